The van der Waals surface area contributed by atoms with Gasteiger partial charge in [-0.2, -0.15) is 0 Å². The molecule has 0 unspecified atom stereocenters. The molecule has 0 amide bonds. The molecule has 0 aliphatic heterocycles. The lowest BCUT2D eigenvalue weighted by molar-refractivity contribution is 0.415. The number of aromatic nitrogens is 3. The summed E-state index contributed by atoms with van der Waals surface area (Å²) in [6.45, 7) is 2.06. The third-order valence-corrected chi connectivity index (χ3v) is 5.70. The normalized spacial score (nSPS) is 11.4. The van der Waals surface area contributed by atoms with Gasteiger partial charge in [0.25, 0.3) is 5.56 Å². The van der Waals surface area contributed by atoms with Gasteiger partial charge < -0.3 is 9.30 Å². The van der Waals surface area contributed by atoms with Crippen LogP contribution in [0, 0.1) is 0 Å². The predicted molar refractivity (Wildman–Crippen MR) is 107 cm³/mol. The molecule has 0 atom stereocenters. The highest BCUT2D eigenvalue weighted by atomic mass is 35.5. The summed E-state index contributed by atoms with van der Waals surface area (Å²) >= 11 is 7.87. The van der Waals surface area contributed by atoms with Crippen LogP contribution in [0.2, 0.25) is 5.02 Å². The molecule has 7 heteroatoms. The molecule has 0 aliphatic carbocycles. The van der Waals surface area contributed by atoms with Gasteiger partial charge in [0.05, 0.1) is 34.1 Å². The Kier molecular flexibility index (Phi) is 4.17. The van der Waals surface area contributed by atoms with E-state index >= 15 is 0 Å². The molecule has 4 rings (SSSR count). The monoisotopic (exact) mass is 385 g/mol. The number of methoxy groups -OCH3 is 1. The Morgan fingerprint density at radius 1 is 1.23 bits per heavy atom. The van der Waals surface area contributed by atoms with Gasteiger partial charge in [-0.3, -0.25) is 4.79 Å². The highest BCUT2D eigenvalue weighted by molar-refractivity contribution is 7.21. The van der Waals surface area contributed by atoms with Crippen molar-refractivity contribution in [3.05, 3.63) is 51.5 Å². The van der Waals surface area contributed by atoms with Crippen LogP contribution in [0.5, 0.6) is 5.75 Å². The summed E-state index contributed by atoms with van der Waals surface area (Å²) < 4.78 is 7.72. The van der Waals surface area contributed by atoms with E-state index in [9.17, 15) is 4.79 Å². The van der Waals surface area contributed by atoms with Crippen LogP contribution in [0.3, 0.4) is 0 Å². The number of aryl methyl sites for hydroxylation is 2. The van der Waals surface area contributed by atoms with E-state index < -0.39 is 0 Å². The number of hydrogen-bond acceptors (Lipinski definition) is 5. The van der Waals surface area contributed by atoms with Crippen molar-refractivity contribution in [1.29, 1.82) is 0 Å². The van der Waals surface area contributed by atoms with Crippen LogP contribution in [-0.2, 0) is 13.5 Å². The summed E-state index contributed by atoms with van der Waals surface area (Å²) in [6, 6.07) is 7.64. The van der Waals surface area contributed by atoms with Crippen molar-refractivity contribution < 1.29 is 4.74 Å². The van der Waals surface area contributed by atoms with Gasteiger partial charge in [-0.1, -0.05) is 18.5 Å². The fraction of sp³-hybridized carbons (Fsp3) is 0.211. The molecule has 0 spiro atoms. The molecular weight excluding hydrogens is 370 g/mol. The standard InChI is InChI=1S/C19H16ClN3O2S/c1-4-10-5-12(16-13(6-10)19(24)23(2)9-21-16)18-22-17-14(20)7-11(25-3)8-15(17)26-18/h5-9H,4H2,1-3H3. The molecule has 132 valence electrons. The number of fused-ring (bicyclic) bond motifs is 2. The zero-order valence-corrected chi connectivity index (χ0v) is 16.1. The van der Waals surface area contributed by atoms with Gasteiger partial charge >= 0.3 is 0 Å². The van der Waals surface area contributed by atoms with Crippen LogP contribution in [0.25, 0.3) is 31.7 Å². The van der Waals surface area contributed by atoms with E-state index in [4.69, 9.17) is 21.3 Å². The van der Waals surface area contributed by atoms with Gasteiger partial charge in [-0.15, -0.1) is 11.3 Å². The highest BCUT2D eigenvalue weighted by Gasteiger charge is 2.16. The lowest BCUT2D eigenvalue weighted by atomic mass is 10.0. The van der Waals surface area contributed by atoms with E-state index in [1.807, 2.05) is 12.1 Å². The molecule has 0 bridgehead atoms. The summed E-state index contributed by atoms with van der Waals surface area (Å²) in [5, 5.41) is 1.94. The minimum Gasteiger partial charge on any atom is -0.497 e. The maximum atomic E-state index is 12.6. The lowest BCUT2D eigenvalue weighted by Crippen LogP contribution is -2.17. The Hall–Kier alpha value is -2.44. The van der Waals surface area contributed by atoms with E-state index in [0.29, 0.717) is 21.7 Å². The maximum Gasteiger partial charge on any atom is 0.260 e. The van der Waals surface area contributed by atoms with E-state index in [2.05, 4.69) is 18.0 Å². The fourth-order valence-corrected chi connectivity index (χ4v) is 4.29. The first-order valence-corrected chi connectivity index (χ1v) is 9.34. The van der Waals surface area contributed by atoms with Crippen molar-refractivity contribution in [2.75, 3.05) is 7.11 Å². The van der Waals surface area contributed by atoms with Crippen LogP contribution in [0.4, 0.5) is 0 Å². The number of nitrogens with zero attached hydrogens (tertiary/aromatic N) is 3. The largest absolute Gasteiger partial charge is 0.497 e. The molecule has 2 aromatic carbocycles. The van der Waals surface area contributed by atoms with Gasteiger partial charge in [-0.05, 0) is 30.2 Å². The smallest absolute Gasteiger partial charge is 0.260 e. The molecular formula is C19H16ClN3O2S. The quantitative estimate of drug-likeness (QED) is 0.523. The number of rotatable bonds is 3. The molecule has 0 fully saturated rings. The van der Waals surface area contributed by atoms with Gasteiger partial charge in [0.15, 0.2) is 0 Å². The number of benzene rings is 2. The molecule has 0 radical (unpaired) electrons. The second-order valence-electron chi connectivity index (χ2n) is 6.03. The van der Waals surface area contributed by atoms with Crippen molar-refractivity contribution >= 4 is 44.1 Å². The van der Waals surface area contributed by atoms with Crippen LogP contribution in [0.15, 0.2) is 35.4 Å². The van der Waals surface area contributed by atoms with Gasteiger partial charge in [0.2, 0.25) is 0 Å². The average Bonchev–Trinajstić information content (AvgIpc) is 3.08. The molecule has 5 nitrogen and oxygen atoms in total. The summed E-state index contributed by atoms with van der Waals surface area (Å²) in [5.41, 5.74) is 3.25. The third kappa shape index (κ3) is 2.66. The van der Waals surface area contributed by atoms with E-state index in [0.717, 1.165) is 32.8 Å². The van der Waals surface area contributed by atoms with Crippen molar-refractivity contribution in [1.82, 2.24) is 14.5 Å². The Morgan fingerprint density at radius 2 is 2.04 bits per heavy atom. The first kappa shape index (κ1) is 17.0. The third-order valence-electron chi connectivity index (χ3n) is 4.38. The molecule has 0 N–H and O–H groups in total. The SMILES string of the molecule is CCc1cc(-c2nc3c(Cl)cc(OC)cc3s2)c2ncn(C)c(=O)c2c1. The average molecular weight is 386 g/mol. The van der Waals surface area contributed by atoms with Crippen molar-refractivity contribution in [3.63, 3.8) is 0 Å². The van der Waals surface area contributed by atoms with E-state index in [-0.39, 0.29) is 5.56 Å². The van der Waals surface area contributed by atoms with Crippen molar-refractivity contribution in [3.8, 4) is 16.3 Å². The molecule has 2 heterocycles. The summed E-state index contributed by atoms with van der Waals surface area (Å²) in [6.07, 6.45) is 2.36. The van der Waals surface area contributed by atoms with Crippen LogP contribution in [-0.4, -0.2) is 21.6 Å². The van der Waals surface area contributed by atoms with Crippen molar-refractivity contribution in [2.45, 2.75) is 13.3 Å². The highest BCUT2D eigenvalue weighted by Crippen LogP contribution is 2.38. The van der Waals surface area contributed by atoms with Crippen LogP contribution < -0.4 is 10.3 Å². The number of hydrogen-bond donors (Lipinski definition) is 0. The Morgan fingerprint density at radius 3 is 2.77 bits per heavy atom. The van der Waals surface area contributed by atoms with Crippen LogP contribution in [0.1, 0.15) is 12.5 Å². The van der Waals surface area contributed by atoms with Gasteiger partial charge in [0.1, 0.15) is 16.3 Å². The second kappa shape index (κ2) is 6.37. The topological polar surface area (TPSA) is 57.0 Å². The molecule has 26 heavy (non-hydrogen) atoms. The number of halogens is 1. The Labute approximate surface area is 158 Å². The van der Waals surface area contributed by atoms with E-state index in [1.54, 1.807) is 26.6 Å². The minimum absolute atomic E-state index is 0.0626. The molecule has 0 aliphatic rings. The zero-order valence-electron chi connectivity index (χ0n) is 14.5. The maximum absolute atomic E-state index is 12.6. The summed E-state index contributed by atoms with van der Waals surface area (Å²) in [7, 11) is 3.31. The Balaban J connectivity index is 2.05. The molecule has 2 aromatic heterocycles. The van der Waals surface area contributed by atoms with Crippen LogP contribution >= 0.6 is 22.9 Å². The second-order valence-corrected chi connectivity index (χ2v) is 7.47. The van der Waals surface area contributed by atoms with Crippen molar-refractivity contribution in [2.24, 2.45) is 7.05 Å². The first-order valence-electron chi connectivity index (χ1n) is 8.14. The molecule has 4 aromatic rings. The molecule has 0 saturated carbocycles. The lowest BCUT2D eigenvalue weighted by Gasteiger charge is -2.07. The Bertz CT molecular complexity index is 1210. The van der Waals surface area contributed by atoms with E-state index in [1.165, 1.54) is 15.9 Å². The predicted octanol–water partition coefficient (Wildman–Crippen LogP) is 4.43. The molecule has 0 saturated heterocycles. The summed E-state index contributed by atoms with van der Waals surface area (Å²) in [5.74, 6) is 0.692. The zero-order chi connectivity index (χ0) is 18.4. The van der Waals surface area contributed by atoms with Gasteiger partial charge in [0, 0.05) is 18.7 Å². The summed E-state index contributed by atoms with van der Waals surface area (Å²) in [4.78, 5) is 21.8. The number of thiazole rings is 1. The van der Waals surface area contributed by atoms with Gasteiger partial charge in [-0.25, -0.2) is 9.97 Å². The first-order chi connectivity index (χ1) is 12.5. The number of ether oxygens (including phenoxy) is 1. The fourth-order valence-electron chi connectivity index (χ4n) is 2.95. The minimum atomic E-state index is -0.0626.